The molecule has 0 saturated heterocycles. The third-order valence-corrected chi connectivity index (χ3v) is 2.75. The number of para-hydroxylation sites is 1. The number of ether oxygens (including phenoxy) is 1. The second kappa shape index (κ2) is 6.94. The Bertz CT molecular complexity index is 363. The van der Waals surface area contributed by atoms with Crippen molar-refractivity contribution in [3.63, 3.8) is 0 Å². The lowest BCUT2D eigenvalue weighted by atomic mass is 10.0. The number of fused-ring (bicyclic) bond motifs is 1. The van der Waals surface area contributed by atoms with Crippen molar-refractivity contribution in [2.45, 2.75) is 26.7 Å². The third kappa shape index (κ3) is 3.48. The summed E-state index contributed by atoms with van der Waals surface area (Å²) < 4.78 is 4.69. The van der Waals surface area contributed by atoms with Gasteiger partial charge in [-0.15, -0.1) is 0 Å². The van der Waals surface area contributed by atoms with E-state index in [2.05, 4.69) is 21.8 Å². The van der Waals surface area contributed by atoms with Crippen molar-refractivity contribution in [3.05, 3.63) is 29.8 Å². The number of carbonyl (C=O) groups excluding carboxylic acids is 1. The van der Waals surface area contributed by atoms with Crippen LogP contribution in [0, 0.1) is 0 Å². The van der Waals surface area contributed by atoms with Gasteiger partial charge in [0, 0.05) is 12.2 Å². The SMILES string of the molecule is CC.COC(=O)CN1CCCc2ccccc21. The first-order chi connectivity index (χ1) is 8.31. The van der Waals surface area contributed by atoms with Crippen molar-refractivity contribution in [1.82, 2.24) is 0 Å². The van der Waals surface area contributed by atoms with Crippen molar-refractivity contribution in [1.29, 1.82) is 0 Å². The fourth-order valence-electron chi connectivity index (χ4n) is 2.00. The Morgan fingerprint density at radius 2 is 2.06 bits per heavy atom. The van der Waals surface area contributed by atoms with E-state index in [1.807, 2.05) is 26.0 Å². The van der Waals surface area contributed by atoms with Crippen molar-refractivity contribution >= 4 is 11.7 Å². The molecule has 1 aliphatic rings. The lowest BCUT2D eigenvalue weighted by Gasteiger charge is -2.30. The van der Waals surface area contributed by atoms with E-state index in [1.54, 1.807) is 0 Å². The predicted octanol–water partition coefficient (Wildman–Crippen LogP) is 2.64. The Morgan fingerprint density at radius 1 is 1.35 bits per heavy atom. The highest BCUT2D eigenvalue weighted by atomic mass is 16.5. The summed E-state index contributed by atoms with van der Waals surface area (Å²) in [7, 11) is 1.43. The van der Waals surface area contributed by atoms with Gasteiger partial charge in [-0.05, 0) is 24.5 Å². The van der Waals surface area contributed by atoms with Gasteiger partial charge in [-0.3, -0.25) is 4.79 Å². The molecule has 0 amide bonds. The summed E-state index contributed by atoms with van der Waals surface area (Å²) >= 11 is 0. The van der Waals surface area contributed by atoms with Crippen LogP contribution >= 0.6 is 0 Å². The first kappa shape index (κ1) is 13.6. The molecular formula is C14H21NO2. The van der Waals surface area contributed by atoms with Gasteiger partial charge >= 0.3 is 5.97 Å². The van der Waals surface area contributed by atoms with E-state index in [0.29, 0.717) is 6.54 Å². The average molecular weight is 235 g/mol. The number of nitrogens with zero attached hydrogens (tertiary/aromatic N) is 1. The number of aryl methyl sites for hydroxylation is 1. The van der Waals surface area contributed by atoms with Crippen LogP contribution in [0.5, 0.6) is 0 Å². The number of methoxy groups -OCH3 is 1. The van der Waals surface area contributed by atoms with Crippen LogP contribution in [0.1, 0.15) is 25.8 Å². The number of carbonyl (C=O) groups is 1. The van der Waals surface area contributed by atoms with E-state index in [-0.39, 0.29) is 5.97 Å². The topological polar surface area (TPSA) is 29.5 Å². The van der Waals surface area contributed by atoms with Gasteiger partial charge in [0.1, 0.15) is 6.54 Å². The van der Waals surface area contributed by atoms with Gasteiger partial charge in [-0.1, -0.05) is 32.0 Å². The maximum atomic E-state index is 11.2. The van der Waals surface area contributed by atoms with E-state index < -0.39 is 0 Å². The molecule has 3 nitrogen and oxygen atoms in total. The van der Waals surface area contributed by atoms with Gasteiger partial charge in [-0.2, -0.15) is 0 Å². The van der Waals surface area contributed by atoms with E-state index >= 15 is 0 Å². The zero-order valence-electron chi connectivity index (χ0n) is 10.9. The highest BCUT2D eigenvalue weighted by molar-refractivity contribution is 5.76. The smallest absolute Gasteiger partial charge is 0.325 e. The minimum absolute atomic E-state index is 0.174. The number of hydrogen-bond donors (Lipinski definition) is 0. The number of benzene rings is 1. The van der Waals surface area contributed by atoms with E-state index in [4.69, 9.17) is 0 Å². The van der Waals surface area contributed by atoms with Crippen LogP contribution in [0.2, 0.25) is 0 Å². The lowest BCUT2D eigenvalue weighted by Crippen LogP contribution is -2.34. The minimum Gasteiger partial charge on any atom is -0.468 e. The van der Waals surface area contributed by atoms with Gasteiger partial charge in [0.05, 0.1) is 7.11 Å². The molecule has 0 unspecified atom stereocenters. The average Bonchev–Trinajstić information content (AvgIpc) is 2.41. The molecule has 1 heterocycles. The normalized spacial score (nSPS) is 13.2. The summed E-state index contributed by atoms with van der Waals surface area (Å²) in [5, 5.41) is 0. The Balaban J connectivity index is 0.000000686. The number of esters is 1. The predicted molar refractivity (Wildman–Crippen MR) is 70.3 cm³/mol. The van der Waals surface area contributed by atoms with Gasteiger partial charge in [-0.25, -0.2) is 0 Å². The maximum absolute atomic E-state index is 11.2. The standard InChI is InChI=1S/C12H15NO2.C2H6/c1-15-12(14)9-13-8-4-6-10-5-2-3-7-11(10)13;1-2/h2-3,5,7H,4,6,8-9H2,1H3;1-2H3. The van der Waals surface area contributed by atoms with Crippen molar-refractivity contribution in [2.24, 2.45) is 0 Å². The summed E-state index contributed by atoms with van der Waals surface area (Å²) in [6.07, 6.45) is 2.21. The first-order valence-electron chi connectivity index (χ1n) is 6.21. The van der Waals surface area contributed by atoms with Gasteiger partial charge in [0.2, 0.25) is 0 Å². The summed E-state index contributed by atoms with van der Waals surface area (Å²) in [4.78, 5) is 13.3. The molecule has 1 aromatic carbocycles. The largest absolute Gasteiger partial charge is 0.468 e. The molecule has 94 valence electrons. The molecule has 1 aliphatic heterocycles. The molecule has 0 atom stereocenters. The molecule has 0 aromatic heterocycles. The van der Waals surface area contributed by atoms with Crippen LogP contribution in [0.15, 0.2) is 24.3 Å². The molecular weight excluding hydrogens is 214 g/mol. The number of hydrogen-bond acceptors (Lipinski definition) is 3. The Morgan fingerprint density at radius 3 is 2.76 bits per heavy atom. The molecule has 1 aromatic rings. The third-order valence-electron chi connectivity index (χ3n) is 2.75. The van der Waals surface area contributed by atoms with Gasteiger partial charge < -0.3 is 9.64 Å². The molecule has 2 rings (SSSR count). The van der Waals surface area contributed by atoms with Gasteiger partial charge in [0.15, 0.2) is 0 Å². The molecule has 0 radical (unpaired) electrons. The first-order valence-corrected chi connectivity index (χ1v) is 6.21. The maximum Gasteiger partial charge on any atom is 0.325 e. The zero-order valence-corrected chi connectivity index (χ0v) is 10.9. The summed E-state index contributed by atoms with van der Waals surface area (Å²) in [5.41, 5.74) is 2.50. The van der Waals surface area contributed by atoms with Crippen LogP contribution < -0.4 is 4.90 Å². The van der Waals surface area contributed by atoms with E-state index in [9.17, 15) is 4.79 Å². The molecule has 0 spiro atoms. The second-order valence-corrected chi connectivity index (χ2v) is 3.73. The number of rotatable bonds is 2. The molecule has 0 aliphatic carbocycles. The molecule has 0 fully saturated rings. The summed E-state index contributed by atoms with van der Waals surface area (Å²) in [6, 6.07) is 8.24. The van der Waals surface area contributed by atoms with Crippen molar-refractivity contribution < 1.29 is 9.53 Å². The quantitative estimate of drug-likeness (QED) is 0.738. The summed E-state index contributed by atoms with van der Waals surface area (Å²) in [6.45, 7) is 5.29. The molecule has 0 bridgehead atoms. The second-order valence-electron chi connectivity index (χ2n) is 3.73. The van der Waals surface area contributed by atoms with Gasteiger partial charge in [0.25, 0.3) is 0 Å². The van der Waals surface area contributed by atoms with Crippen LogP contribution in [0.3, 0.4) is 0 Å². The molecule has 17 heavy (non-hydrogen) atoms. The zero-order chi connectivity index (χ0) is 12.7. The van der Waals surface area contributed by atoms with Crippen LogP contribution in [0.25, 0.3) is 0 Å². The van der Waals surface area contributed by atoms with Crippen molar-refractivity contribution in [2.75, 3.05) is 25.1 Å². The van der Waals surface area contributed by atoms with Crippen LogP contribution in [-0.2, 0) is 16.0 Å². The lowest BCUT2D eigenvalue weighted by molar-refractivity contribution is -0.138. The highest BCUT2D eigenvalue weighted by Crippen LogP contribution is 2.26. The van der Waals surface area contributed by atoms with Crippen molar-refractivity contribution in [3.8, 4) is 0 Å². The Labute approximate surface area is 103 Å². The van der Waals surface area contributed by atoms with Crippen LogP contribution in [0.4, 0.5) is 5.69 Å². The fourth-order valence-corrected chi connectivity index (χ4v) is 2.00. The van der Waals surface area contributed by atoms with Crippen LogP contribution in [-0.4, -0.2) is 26.2 Å². The number of anilines is 1. The van der Waals surface area contributed by atoms with E-state index in [1.165, 1.54) is 18.4 Å². The molecule has 0 saturated carbocycles. The summed E-state index contributed by atoms with van der Waals surface area (Å²) in [5.74, 6) is -0.174. The Hall–Kier alpha value is -1.51. The molecule has 0 N–H and O–H groups in total. The Kier molecular flexibility index (Phi) is 5.53. The fraction of sp³-hybridized carbons (Fsp3) is 0.500. The molecule has 3 heteroatoms. The minimum atomic E-state index is -0.174. The highest BCUT2D eigenvalue weighted by Gasteiger charge is 2.18. The monoisotopic (exact) mass is 235 g/mol. The van der Waals surface area contributed by atoms with E-state index in [0.717, 1.165) is 19.4 Å².